The zero-order chi connectivity index (χ0) is 8.08. The molecule has 14 heteroatoms. The van der Waals surface area contributed by atoms with E-state index >= 15 is 0 Å². The summed E-state index contributed by atoms with van der Waals surface area (Å²) in [5, 5.41) is 0. The van der Waals surface area contributed by atoms with Crippen LogP contribution in [0, 0.1) is 0 Å². The summed E-state index contributed by atoms with van der Waals surface area (Å²) in [6.45, 7) is 0. The molecule has 0 spiro atoms. The Hall–Kier alpha value is 9.70. The summed E-state index contributed by atoms with van der Waals surface area (Å²) in [5.41, 5.74) is 0. The van der Waals surface area contributed by atoms with Crippen molar-refractivity contribution in [3.05, 3.63) is 0 Å². The first-order chi connectivity index (χ1) is 3.73. The van der Waals surface area contributed by atoms with E-state index in [4.69, 9.17) is 26.7 Å². The monoisotopic (exact) mass is 659 g/mol. The van der Waals surface area contributed by atoms with Gasteiger partial charge in [-0.3, -0.25) is 0 Å². The molecule has 0 aliphatic rings. The molecule has 0 heterocycles. The third kappa shape index (κ3) is 98.8. The van der Waals surface area contributed by atoms with Crippen molar-refractivity contribution in [2.75, 3.05) is 0 Å². The van der Waals surface area contributed by atoms with Crippen LogP contribution in [-0.2, 0) is 25.7 Å². The maximum absolute atomic E-state index is 8.61. The van der Waals surface area contributed by atoms with Gasteiger partial charge in [-0.2, -0.15) is 0 Å². The van der Waals surface area contributed by atoms with E-state index in [-0.39, 0.29) is 291 Å². The standard InChI is InChI=1S/AsH3O4.3O.5Rb.Ti/c2-1(3,4)5;;;;;;;;;/h(H3,2,3,4,5);;;;;;;;;/q;;2*-1;5*+1;/p-3. The smallest absolute Gasteiger partial charge is 1.00 e. The summed E-state index contributed by atoms with van der Waals surface area (Å²) >= 11 is -9.96. The average Bonchev–Trinajstić information content (AvgIpc) is 1.19. The Balaban J connectivity index is -0.0000000104. The molecule has 0 amide bonds. The van der Waals surface area contributed by atoms with E-state index in [0.29, 0.717) is 0 Å². The van der Waals surface area contributed by atoms with Crippen LogP contribution in [-0.4, -0.2) is 14.5 Å². The molecule has 0 aromatic heterocycles. The van der Waals surface area contributed by atoms with Crippen molar-refractivity contribution in [1.82, 2.24) is 0 Å². The van der Waals surface area contributed by atoms with Crippen LogP contribution in [0.5, 0.6) is 0 Å². The van der Waals surface area contributed by atoms with Crippen molar-refractivity contribution < 1.29 is 336 Å². The van der Waals surface area contributed by atoms with Crippen LogP contribution in [0.1, 0.15) is 0 Å². The summed E-state index contributed by atoms with van der Waals surface area (Å²) in [6.07, 6.45) is 0. The van der Waals surface area contributed by atoms with E-state index < -0.39 is 33.1 Å². The fraction of sp³-hybridized carbons (Fsp3) is 0. The number of rotatable bonds is 0. The van der Waals surface area contributed by atoms with E-state index in [2.05, 4.69) is 0 Å². The molecular formula is AsO7Rb5Ti. The zero-order valence-electron chi connectivity index (χ0n) is 8.80. The number of hydrogen-bond acceptors (Lipinski definition) is 7. The van der Waals surface area contributed by atoms with E-state index in [1.165, 1.54) is 0 Å². The van der Waals surface area contributed by atoms with Crippen molar-refractivity contribution >= 4 is 14.5 Å². The third-order valence-corrected chi connectivity index (χ3v) is 0. The van der Waals surface area contributed by atoms with Gasteiger partial charge in [-0.25, -0.2) is 0 Å². The Kier molecular flexibility index (Phi) is 95.6. The van der Waals surface area contributed by atoms with Gasteiger partial charge in [-0.1, -0.05) is 0 Å². The molecule has 0 atom stereocenters. The molecule has 0 N–H and O–H groups in total. The van der Waals surface area contributed by atoms with Gasteiger partial charge >= 0.3 is 351 Å². The van der Waals surface area contributed by atoms with E-state index in [1.807, 2.05) is 0 Å². The maximum Gasteiger partial charge on any atom is 1.00 e. The molecule has 0 aromatic rings. The van der Waals surface area contributed by atoms with Gasteiger partial charge in [0.1, 0.15) is 0 Å². The van der Waals surface area contributed by atoms with Crippen molar-refractivity contribution in [3.63, 3.8) is 0 Å². The van der Waals surface area contributed by atoms with Gasteiger partial charge in [-0.15, -0.1) is 0 Å². The van der Waals surface area contributed by atoms with Gasteiger partial charge in [0.05, 0.1) is 0 Å². The van der Waals surface area contributed by atoms with Gasteiger partial charge in [0.2, 0.25) is 0 Å². The summed E-state index contributed by atoms with van der Waals surface area (Å²) in [4.78, 5) is 0. The molecule has 14 heavy (non-hydrogen) atoms. The summed E-state index contributed by atoms with van der Waals surface area (Å²) in [5.74, 6) is 0. The third-order valence-electron chi connectivity index (χ3n) is 0. The molecule has 7 nitrogen and oxygen atoms in total. The van der Waals surface area contributed by atoms with Crippen LogP contribution in [0.15, 0.2) is 0 Å². The van der Waals surface area contributed by atoms with Crippen LogP contribution in [0.2, 0.25) is 0 Å². The minimum Gasteiger partial charge on any atom is 1.00 e. The molecule has 0 bridgehead atoms. The van der Waals surface area contributed by atoms with E-state index in [9.17, 15) is 0 Å². The van der Waals surface area contributed by atoms with Crippen molar-refractivity contribution in [1.29, 1.82) is 0 Å². The second-order valence-electron chi connectivity index (χ2n) is 0.697. The van der Waals surface area contributed by atoms with Crippen molar-refractivity contribution in [3.8, 4) is 0 Å². The largest absolute Gasteiger partial charge is 1.00 e. The SMILES string of the molecule is O=[As]([O-])([O-])[O-].[O]=[Ti]([O-])[O-].[Rb+].[Rb+].[Rb+].[Rb+].[Rb+]. The molecule has 0 aliphatic carbocycles. The molecule has 0 unspecified atom stereocenters. The molecule has 0 rings (SSSR count). The Labute approximate surface area is 336 Å². The predicted molar refractivity (Wildman–Crippen MR) is 7.13 cm³/mol. The normalized spacial score (nSPS) is 6.07. The maximum atomic E-state index is 8.61. The Morgan fingerprint density at radius 2 is 0.786 bits per heavy atom. The predicted octanol–water partition coefficient (Wildman–Crippen LogP) is -21.5. The van der Waals surface area contributed by atoms with Gasteiger partial charge < -0.3 is 0 Å². The quantitative estimate of drug-likeness (QED) is 0.234. The second-order valence-corrected chi connectivity index (χ2v) is 3.35. The van der Waals surface area contributed by atoms with Crippen molar-refractivity contribution in [2.45, 2.75) is 0 Å². The molecule has 0 saturated carbocycles. The van der Waals surface area contributed by atoms with Crippen LogP contribution < -0.4 is 311 Å². The van der Waals surface area contributed by atoms with Crippen LogP contribution in [0.25, 0.3) is 0 Å². The first-order valence-electron chi connectivity index (χ1n) is 1.34. The van der Waals surface area contributed by atoms with Crippen LogP contribution in [0.4, 0.5) is 0 Å². The Morgan fingerprint density at radius 3 is 0.786 bits per heavy atom. The van der Waals surface area contributed by atoms with Crippen LogP contribution in [0.3, 0.4) is 0 Å². The summed E-state index contributed by atoms with van der Waals surface area (Å²) in [6, 6.07) is 0. The van der Waals surface area contributed by atoms with E-state index in [0.717, 1.165) is 0 Å². The summed E-state index contributed by atoms with van der Waals surface area (Å²) < 4.78 is 60.2. The Bertz CT molecular complexity index is 122. The van der Waals surface area contributed by atoms with Gasteiger partial charge in [0.25, 0.3) is 0 Å². The molecular weight excluding hydrogens is 662 g/mol. The molecule has 0 aliphatic heterocycles. The molecule has 0 radical (unpaired) electrons. The molecule has 0 saturated heterocycles. The zero-order valence-corrected chi connectivity index (χ0v) is 36.8. The second kappa shape index (κ2) is 30.6. The average molecular weight is 662 g/mol. The topological polar surface area (TPSA) is 149 Å². The minimum absolute atomic E-state index is 0. The summed E-state index contributed by atoms with van der Waals surface area (Å²) in [7, 11) is 0. The number of hydrogen-bond donors (Lipinski definition) is 0. The van der Waals surface area contributed by atoms with Gasteiger partial charge in [0, 0.05) is 0 Å². The molecule has 56 valence electrons. The van der Waals surface area contributed by atoms with E-state index in [1.54, 1.807) is 0 Å². The Morgan fingerprint density at radius 1 is 0.786 bits per heavy atom. The first-order valence-corrected chi connectivity index (χ1v) is 6.32. The van der Waals surface area contributed by atoms with Gasteiger partial charge in [-0.05, 0) is 0 Å². The molecule has 0 aromatic carbocycles. The fourth-order valence-corrected chi connectivity index (χ4v) is 0. The van der Waals surface area contributed by atoms with Crippen LogP contribution >= 0.6 is 0 Å². The first kappa shape index (κ1) is 43.8. The van der Waals surface area contributed by atoms with Gasteiger partial charge in [0.15, 0.2) is 0 Å². The minimum atomic E-state index is -5.88. The fourth-order valence-electron chi connectivity index (χ4n) is 0. The molecule has 0 fully saturated rings. The van der Waals surface area contributed by atoms with Crippen molar-refractivity contribution in [2.24, 2.45) is 0 Å².